The molecular weight excluding hydrogens is 588 g/mol. The van der Waals surface area contributed by atoms with Crippen LogP contribution in [0.2, 0.25) is 0 Å². The Balaban J connectivity index is 0.000000348. The van der Waals surface area contributed by atoms with E-state index in [-0.39, 0.29) is 50.7 Å². The zero-order valence-corrected chi connectivity index (χ0v) is 23.7. The van der Waals surface area contributed by atoms with Gasteiger partial charge in [0.2, 0.25) is 0 Å². The van der Waals surface area contributed by atoms with E-state index in [0.29, 0.717) is 5.92 Å². The Morgan fingerprint density at radius 2 is 1.45 bits per heavy atom. The van der Waals surface area contributed by atoms with Crippen LogP contribution in [0.3, 0.4) is 0 Å². The van der Waals surface area contributed by atoms with Crippen molar-refractivity contribution in [2.24, 2.45) is 5.92 Å². The molecule has 0 aliphatic heterocycles. The fourth-order valence-corrected chi connectivity index (χ4v) is 4.06. The molecule has 1 aromatic heterocycles. The summed E-state index contributed by atoms with van der Waals surface area (Å²) in [5, 5.41) is 3.90. The number of allylic oxidation sites excluding steroid dienone is 4. The molecule has 0 saturated carbocycles. The van der Waals surface area contributed by atoms with Crippen molar-refractivity contribution in [3.8, 4) is 5.69 Å². The first-order chi connectivity index (χ1) is 13.5. The van der Waals surface area contributed by atoms with Gasteiger partial charge in [0.25, 0.3) is 0 Å². The molecule has 1 aliphatic carbocycles. The standard InChI is InChI=1S/C18H14N.C9H13.2ClH.Hf/c1-13-10-16-8-4-5-9-18(16)19(13)17-11-14-6-2-3-7-15(14)12-17;1-6-5-7(2)9(4)8(6)3;;;/h2-12H,1H3;6H,1-4H3;2*1H;/q2*-1;;;+4/p-2. The molecule has 1 heterocycles. The van der Waals surface area contributed by atoms with E-state index in [4.69, 9.17) is 0 Å². The number of para-hydroxylation sites is 1. The number of fused-ring (bicyclic) bond motifs is 2. The van der Waals surface area contributed by atoms with Crippen LogP contribution in [0.15, 0.2) is 83.4 Å². The summed E-state index contributed by atoms with van der Waals surface area (Å²) < 4.78 is 2.33. The van der Waals surface area contributed by atoms with E-state index in [1.54, 1.807) is 0 Å². The molecule has 1 atom stereocenters. The number of hydrogen-bond acceptors (Lipinski definition) is 0. The number of rotatable bonds is 1. The summed E-state index contributed by atoms with van der Waals surface area (Å²) in [5.41, 5.74) is 8.04. The molecule has 0 fully saturated rings. The maximum Gasteiger partial charge on any atom is 4.00 e. The second kappa shape index (κ2) is 11.4. The average molecular weight is 615 g/mol. The van der Waals surface area contributed by atoms with Gasteiger partial charge in [-0.3, -0.25) is 6.08 Å². The fourth-order valence-electron chi connectivity index (χ4n) is 4.06. The average Bonchev–Trinajstić information content (AvgIpc) is 3.32. The topological polar surface area (TPSA) is 4.93 Å². The minimum atomic E-state index is 0. The van der Waals surface area contributed by atoms with Gasteiger partial charge in [0.1, 0.15) is 0 Å². The Kier molecular flexibility index (Phi) is 10.1. The molecule has 0 radical (unpaired) electrons. The van der Waals surface area contributed by atoms with Gasteiger partial charge in [0, 0.05) is 11.1 Å². The SMILES string of the molecule is CC1=[C-]C(C)C(C)=C1C.Cc1cc2ccccc2n1-c1cc2ccccc2[cH-]1.[Cl-].[Cl-].[Hf+4]. The normalized spacial score (nSPS) is 14.9. The summed E-state index contributed by atoms with van der Waals surface area (Å²) in [5.74, 6) is 0.560. The monoisotopic (exact) mass is 615 g/mol. The summed E-state index contributed by atoms with van der Waals surface area (Å²) in [6, 6.07) is 23.8. The first kappa shape index (κ1) is 27.6. The summed E-state index contributed by atoms with van der Waals surface area (Å²) in [6.07, 6.45) is 3.36. The van der Waals surface area contributed by atoms with Gasteiger partial charge in [-0.05, 0) is 24.7 Å². The zero-order chi connectivity index (χ0) is 19.8. The minimum Gasteiger partial charge on any atom is -1.00 e. The smallest absolute Gasteiger partial charge is 1.00 e. The molecule has 3 aromatic carbocycles. The van der Waals surface area contributed by atoms with Crippen molar-refractivity contribution in [3.05, 3.63) is 95.2 Å². The van der Waals surface area contributed by atoms with Crippen LogP contribution < -0.4 is 24.8 Å². The van der Waals surface area contributed by atoms with Crippen LogP contribution in [-0.2, 0) is 25.8 Å². The number of aryl methyl sites for hydroxylation is 1. The van der Waals surface area contributed by atoms with Crippen molar-refractivity contribution in [2.75, 3.05) is 0 Å². The largest absolute Gasteiger partial charge is 4.00 e. The van der Waals surface area contributed by atoms with E-state index >= 15 is 0 Å². The van der Waals surface area contributed by atoms with Gasteiger partial charge < -0.3 is 29.4 Å². The van der Waals surface area contributed by atoms with Crippen molar-refractivity contribution < 1.29 is 50.7 Å². The van der Waals surface area contributed by atoms with E-state index in [2.05, 4.69) is 112 Å². The van der Waals surface area contributed by atoms with Crippen molar-refractivity contribution >= 4 is 21.7 Å². The molecule has 0 amide bonds. The third-order valence-electron chi connectivity index (χ3n) is 5.99. The maximum absolute atomic E-state index is 3.36. The molecule has 0 spiro atoms. The molecule has 1 nitrogen and oxygen atoms in total. The molecule has 0 N–H and O–H groups in total. The van der Waals surface area contributed by atoms with Crippen molar-refractivity contribution in [3.63, 3.8) is 0 Å². The minimum absolute atomic E-state index is 0. The number of benzene rings is 2. The molecule has 0 bridgehead atoms. The third-order valence-corrected chi connectivity index (χ3v) is 5.99. The predicted molar refractivity (Wildman–Crippen MR) is 121 cm³/mol. The molecule has 1 unspecified atom stereocenters. The van der Waals surface area contributed by atoms with Crippen LogP contribution >= 0.6 is 0 Å². The molecule has 0 saturated heterocycles. The van der Waals surface area contributed by atoms with Gasteiger partial charge in [0.05, 0.1) is 5.52 Å². The Hall–Kier alpha value is -1.48. The molecule has 4 aromatic rings. The zero-order valence-electron chi connectivity index (χ0n) is 18.6. The Morgan fingerprint density at radius 1 is 0.839 bits per heavy atom. The molecule has 31 heavy (non-hydrogen) atoms. The number of nitrogens with zero attached hydrogens (tertiary/aromatic N) is 1. The number of hydrogen-bond donors (Lipinski definition) is 0. The van der Waals surface area contributed by atoms with E-state index in [9.17, 15) is 0 Å². The summed E-state index contributed by atoms with van der Waals surface area (Å²) in [7, 11) is 0. The Labute approximate surface area is 217 Å². The van der Waals surface area contributed by atoms with Gasteiger partial charge in [-0.25, -0.2) is 5.57 Å². The number of halogens is 2. The van der Waals surface area contributed by atoms with Gasteiger partial charge >= 0.3 is 25.8 Å². The second-order valence-corrected chi connectivity index (χ2v) is 7.82. The molecule has 158 valence electrons. The van der Waals surface area contributed by atoms with Crippen molar-refractivity contribution in [1.82, 2.24) is 4.57 Å². The van der Waals surface area contributed by atoms with Crippen LogP contribution in [-0.4, -0.2) is 4.57 Å². The first-order valence-electron chi connectivity index (χ1n) is 9.96. The summed E-state index contributed by atoms with van der Waals surface area (Å²) >= 11 is 0. The molecular formula is C27H27Cl2HfN. The predicted octanol–water partition coefficient (Wildman–Crippen LogP) is 1.54. The Bertz CT molecular complexity index is 1190. The van der Waals surface area contributed by atoms with Crippen LogP contribution in [0.4, 0.5) is 0 Å². The molecule has 4 heteroatoms. The van der Waals surface area contributed by atoms with E-state index in [0.717, 1.165) is 0 Å². The van der Waals surface area contributed by atoms with Gasteiger partial charge in [0.15, 0.2) is 0 Å². The first-order valence-corrected chi connectivity index (χ1v) is 9.96. The van der Waals surface area contributed by atoms with Gasteiger partial charge in [-0.2, -0.15) is 11.1 Å². The third kappa shape index (κ3) is 5.48. The van der Waals surface area contributed by atoms with E-state index < -0.39 is 0 Å². The van der Waals surface area contributed by atoms with Crippen LogP contribution in [0.25, 0.3) is 27.4 Å². The van der Waals surface area contributed by atoms with Gasteiger partial charge in [-0.1, -0.05) is 51.0 Å². The van der Waals surface area contributed by atoms with Crippen molar-refractivity contribution in [1.29, 1.82) is 0 Å². The fraction of sp³-hybridized carbons (Fsp3) is 0.222. The van der Waals surface area contributed by atoms with Crippen LogP contribution in [0.1, 0.15) is 33.4 Å². The van der Waals surface area contributed by atoms with Gasteiger partial charge in [-0.15, -0.1) is 48.0 Å². The maximum atomic E-state index is 3.36. The quantitative estimate of drug-likeness (QED) is 0.227. The van der Waals surface area contributed by atoms with E-state index in [1.807, 2.05) is 0 Å². The van der Waals surface area contributed by atoms with E-state index in [1.165, 1.54) is 49.8 Å². The molecule has 1 aliphatic rings. The van der Waals surface area contributed by atoms with Crippen LogP contribution in [0.5, 0.6) is 0 Å². The molecule has 5 rings (SSSR count). The number of aromatic nitrogens is 1. The summed E-state index contributed by atoms with van der Waals surface area (Å²) in [6.45, 7) is 10.8. The Morgan fingerprint density at radius 3 is 2.00 bits per heavy atom. The van der Waals surface area contributed by atoms with Crippen molar-refractivity contribution in [2.45, 2.75) is 34.6 Å². The second-order valence-electron chi connectivity index (χ2n) is 7.82. The van der Waals surface area contributed by atoms with Crippen LogP contribution in [0, 0.1) is 18.9 Å². The summed E-state index contributed by atoms with van der Waals surface area (Å²) in [4.78, 5) is 0.